The predicted octanol–water partition coefficient (Wildman–Crippen LogP) is 2.86. The lowest BCUT2D eigenvalue weighted by Crippen LogP contribution is -2.33. The van der Waals surface area contributed by atoms with Crippen molar-refractivity contribution >= 4 is 23.1 Å². The molecule has 0 aromatic heterocycles. The van der Waals surface area contributed by atoms with Crippen LogP contribution in [0.4, 0.5) is 5.69 Å². The van der Waals surface area contributed by atoms with E-state index in [2.05, 4.69) is 11.8 Å². The number of halogens is 1. The molecule has 3 nitrogen and oxygen atoms in total. The van der Waals surface area contributed by atoms with E-state index in [4.69, 9.17) is 22.7 Å². The Morgan fingerprint density at radius 1 is 1.41 bits per heavy atom. The van der Waals surface area contributed by atoms with Crippen LogP contribution in [0.3, 0.4) is 0 Å². The van der Waals surface area contributed by atoms with E-state index in [-0.39, 0.29) is 5.84 Å². The molecule has 2 rings (SSSR count). The molecule has 0 radical (unpaired) electrons. The number of rotatable bonds is 2. The Kier molecular flexibility index (Phi) is 3.57. The largest absolute Gasteiger partial charge is 0.384 e. The van der Waals surface area contributed by atoms with Crippen molar-refractivity contribution in [1.82, 2.24) is 0 Å². The minimum Gasteiger partial charge on any atom is -0.384 e. The molecule has 0 atom stereocenters. The number of hydrogen-bond acceptors (Lipinski definition) is 2. The fraction of sp³-hybridized carbons (Fsp3) is 0.462. The molecule has 1 heterocycles. The zero-order valence-corrected chi connectivity index (χ0v) is 10.8. The monoisotopic (exact) mass is 251 g/mol. The molecular formula is C13H18ClN3. The van der Waals surface area contributed by atoms with Gasteiger partial charge in [-0.05, 0) is 37.0 Å². The number of nitrogens with one attached hydrogen (secondary N) is 1. The Balaban J connectivity index is 2.19. The van der Waals surface area contributed by atoms with Crippen molar-refractivity contribution in [3.05, 3.63) is 28.8 Å². The van der Waals surface area contributed by atoms with Crippen LogP contribution in [-0.4, -0.2) is 18.9 Å². The molecule has 0 saturated carbocycles. The number of piperidine rings is 1. The summed E-state index contributed by atoms with van der Waals surface area (Å²) in [6.45, 7) is 4.40. The smallest absolute Gasteiger partial charge is 0.122 e. The first kappa shape index (κ1) is 12.2. The molecule has 92 valence electrons. The summed E-state index contributed by atoms with van der Waals surface area (Å²) in [5.74, 6) is 0.868. The highest BCUT2D eigenvalue weighted by molar-refractivity contribution is 6.33. The normalized spacial score (nSPS) is 17.2. The van der Waals surface area contributed by atoms with Crippen molar-refractivity contribution < 1.29 is 0 Å². The summed E-state index contributed by atoms with van der Waals surface area (Å²) >= 11 is 6.25. The van der Waals surface area contributed by atoms with Gasteiger partial charge in [-0.25, -0.2) is 0 Å². The van der Waals surface area contributed by atoms with Gasteiger partial charge in [0.15, 0.2) is 0 Å². The number of nitrogen functional groups attached to an aromatic ring is 1. The minimum absolute atomic E-state index is 0.0608. The van der Waals surface area contributed by atoms with Crippen LogP contribution in [0.1, 0.15) is 25.3 Å². The van der Waals surface area contributed by atoms with Crippen LogP contribution in [0.25, 0.3) is 0 Å². The Bertz CT molecular complexity index is 423. The van der Waals surface area contributed by atoms with Crippen molar-refractivity contribution in [1.29, 1.82) is 5.41 Å². The van der Waals surface area contributed by atoms with Gasteiger partial charge < -0.3 is 10.6 Å². The molecule has 1 aliphatic heterocycles. The topological polar surface area (TPSA) is 53.1 Å². The molecule has 0 aliphatic carbocycles. The van der Waals surface area contributed by atoms with Crippen LogP contribution in [0, 0.1) is 11.3 Å². The van der Waals surface area contributed by atoms with Gasteiger partial charge in [0.2, 0.25) is 0 Å². The van der Waals surface area contributed by atoms with Crippen LogP contribution >= 0.6 is 11.6 Å². The maximum atomic E-state index is 7.38. The lowest BCUT2D eigenvalue weighted by molar-refractivity contribution is 0.438. The standard InChI is InChI=1S/C13H18ClN3/c1-9-4-6-17(7-5-9)12-3-2-10(13(15)16)8-11(12)14/h2-3,8-9H,4-7H2,1H3,(H3,15,16). The summed E-state index contributed by atoms with van der Waals surface area (Å²) in [5, 5.41) is 8.07. The maximum absolute atomic E-state index is 7.38. The summed E-state index contributed by atoms with van der Waals surface area (Å²) in [5.41, 5.74) is 7.18. The van der Waals surface area contributed by atoms with E-state index >= 15 is 0 Å². The average molecular weight is 252 g/mol. The third kappa shape index (κ3) is 2.72. The third-order valence-corrected chi connectivity index (χ3v) is 3.69. The van der Waals surface area contributed by atoms with Gasteiger partial charge in [-0.1, -0.05) is 18.5 Å². The molecular weight excluding hydrogens is 234 g/mol. The predicted molar refractivity (Wildman–Crippen MR) is 73.1 cm³/mol. The van der Waals surface area contributed by atoms with Crippen LogP contribution in [0.15, 0.2) is 18.2 Å². The zero-order valence-electron chi connectivity index (χ0n) is 10.0. The molecule has 1 aliphatic rings. The molecule has 1 aromatic rings. The van der Waals surface area contributed by atoms with Gasteiger partial charge >= 0.3 is 0 Å². The SMILES string of the molecule is CC1CCN(c2ccc(C(=N)N)cc2Cl)CC1. The summed E-state index contributed by atoms with van der Waals surface area (Å²) in [4.78, 5) is 2.31. The molecule has 0 unspecified atom stereocenters. The number of hydrogen-bond donors (Lipinski definition) is 2. The van der Waals surface area contributed by atoms with Crippen molar-refractivity contribution in [2.24, 2.45) is 11.7 Å². The highest BCUT2D eigenvalue weighted by atomic mass is 35.5. The van der Waals surface area contributed by atoms with E-state index in [0.717, 1.165) is 24.7 Å². The number of benzene rings is 1. The molecule has 3 N–H and O–H groups in total. The van der Waals surface area contributed by atoms with E-state index in [1.54, 1.807) is 6.07 Å². The van der Waals surface area contributed by atoms with E-state index in [0.29, 0.717) is 10.6 Å². The van der Waals surface area contributed by atoms with Crippen molar-refractivity contribution in [2.45, 2.75) is 19.8 Å². The first-order valence-corrected chi connectivity index (χ1v) is 6.34. The van der Waals surface area contributed by atoms with Crippen LogP contribution < -0.4 is 10.6 Å². The lowest BCUT2D eigenvalue weighted by atomic mass is 9.98. The summed E-state index contributed by atoms with van der Waals surface area (Å²) in [6.07, 6.45) is 2.43. The second kappa shape index (κ2) is 4.96. The first-order chi connectivity index (χ1) is 8.08. The van der Waals surface area contributed by atoms with Crippen LogP contribution in [0.5, 0.6) is 0 Å². The quantitative estimate of drug-likeness (QED) is 0.627. The zero-order chi connectivity index (χ0) is 12.4. The van der Waals surface area contributed by atoms with E-state index in [1.165, 1.54) is 12.8 Å². The number of amidine groups is 1. The minimum atomic E-state index is 0.0608. The Morgan fingerprint density at radius 3 is 2.59 bits per heavy atom. The van der Waals surface area contributed by atoms with E-state index < -0.39 is 0 Å². The first-order valence-electron chi connectivity index (χ1n) is 5.97. The van der Waals surface area contributed by atoms with E-state index in [1.807, 2.05) is 12.1 Å². The maximum Gasteiger partial charge on any atom is 0.122 e. The summed E-state index contributed by atoms with van der Waals surface area (Å²) < 4.78 is 0. The van der Waals surface area contributed by atoms with Crippen molar-refractivity contribution in [3.63, 3.8) is 0 Å². The van der Waals surface area contributed by atoms with Crippen LogP contribution in [-0.2, 0) is 0 Å². The molecule has 0 amide bonds. The second-order valence-corrected chi connectivity index (χ2v) is 5.16. The van der Waals surface area contributed by atoms with Crippen molar-refractivity contribution in [3.8, 4) is 0 Å². The molecule has 1 saturated heterocycles. The molecule has 1 aromatic carbocycles. The van der Waals surface area contributed by atoms with Gasteiger partial charge in [-0.2, -0.15) is 0 Å². The molecule has 0 spiro atoms. The number of nitrogens with zero attached hydrogens (tertiary/aromatic N) is 1. The molecule has 17 heavy (non-hydrogen) atoms. The van der Waals surface area contributed by atoms with Gasteiger partial charge in [0.25, 0.3) is 0 Å². The second-order valence-electron chi connectivity index (χ2n) is 4.75. The van der Waals surface area contributed by atoms with Gasteiger partial charge in [0.1, 0.15) is 5.84 Å². The third-order valence-electron chi connectivity index (χ3n) is 3.38. The fourth-order valence-electron chi connectivity index (χ4n) is 2.18. The average Bonchev–Trinajstić information content (AvgIpc) is 2.30. The molecule has 0 bridgehead atoms. The fourth-order valence-corrected chi connectivity index (χ4v) is 2.48. The van der Waals surface area contributed by atoms with E-state index in [9.17, 15) is 0 Å². The highest BCUT2D eigenvalue weighted by Gasteiger charge is 2.18. The van der Waals surface area contributed by atoms with Gasteiger partial charge in [0, 0.05) is 18.7 Å². The van der Waals surface area contributed by atoms with Gasteiger partial charge in [0.05, 0.1) is 10.7 Å². The number of nitrogens with two attached hydrogens (primary N) is 1. The highest BCUT2D eigenvalue weighted by Crippen LogP contribution is 2.30. The lowest BCUT2D eigenvalue weighted by Gasteiger charge is -2.32. The Morgan fingerprint density at radius 2 is 2.06 bits per heavy atom. The summed E-state index contributed by atoms with van der Waals surface area (Å²) in [6, 6.07) is 5.61. The molecule has 4 heteroatoms. The summed E-state index contributed by atoms with van der Waals surface area (Å²) in [7, 11) is 0. The van der Waals surface area contributed by atoms with Gasteiger partial charge in [-0.15, -0.1) is 0 Å². The molecule has 1 fully saturated rings. The Labute approximate surface area is 107 Å². The van der Waals surface area contributed by atoms with Gasteiger partial charge in [-0.3, -0.25) is 5.41 Å². The van der Waals surface area contributed by atoms with Crippen molar-refractivity contribution in [2.75, 3.05) is 18.0 Å². The Hall–Kier alpha value is -1.22. The van der Waals surface area contributed by atoms with Crippen LogP contribution in [0.2, 0.25) is 5.02 Å². The number of anilines is 1.